The van der Waals surface area contributed by atoms with Crippen molar-refractivity contribution < 1.29 is 9.84 Å². The van der Waals surface area contributed by atoms with Gasteiger partial charge in [-0.1, -0.05) is 12.1 Å². The zero-order valence-corrected chi connectivity index (χ0v) is 10.6. The molecule has 0 aliphatic carbocycles. The SMILES string of the molecule is COc1ccc(CC2(O)CCSC2)cc1C. The summed E-state index contributed by atoms with van der Waals surface area (Å²) < 4.78 is 5.23. The average Bonchev–Trinajstić information content (AvgIpc) is 2.65. The molecule has 88 valence electrons. The highest BCUT2D eigenvalue weighted by Crippen LogP contribution is 2.31. The van der Waals surface area contributed by atoms with Crippen molar-refractivity contribution in [2.24, 2.45) is 0 Å². The highest BCUT2D eigenvalue weighted by atomic mass is 32.2. The van der Waals surface area contributed by atoms with Gasteiger partial charge in [-0.2, -0.15) is 11.8 Å². The Morgan fingerprint density at radius 2 is 2.31 bits per heavy atom. The van der Waals surface area contributed by atoms with Gasteiger partial charge in [0, 0.05) is 12.2 Å². The Bertz CT molecular complexity index is 370. The molecule has 1 aromatic carbocycles. The van der Waals surface area contributed by atoms with Crippen LogP contribution in [0.5, 0.6) is 5.75 Å². The lowest BCUT2D eigenvalue weighted by Crippen LogP contribution is -2.30. The average molecular weight is 238 g/mol. The van der Waals surface area contributed by atoms with E-state index in [0.29, 0.717) is 0 Å². The number of hydrogen-bond acceptors (Lipinski definition) is 3. The summed E-state index contributed by atoms with van der Waals surface area (Å²) in [6.07, 6.45) is 1.66. The molecule has 0 radical (unpaired) electrons. The summed E-state index contributed by atoms with van der Waals surface area (Å²) in [5.74, 6) is 2.85. The Morgan fingerprint density at radius 3 is 2.88 bits per heavy atom. The fraction of sp³-hybridized carbons (Fsp3) is 0.538. The van der Waals surface area contributed by atoms with E-state index in [9.17, 15) is 5.11 Å². The van der Waals surface area contributed by atoms with Crippen LogP contribution in [0.1, 0.15) is 17.5 Å². The van der Waals surface area contributed by atoms with Gasteiger partial charge in [0.2, 0.25) is 0 Å². The summed E-state index contributed by atoms with van der Waals surface area (Å²) >= 11 is 1.84. The molecule has 3 heteroatoms. The van der Waals surface area contributed by atoms with Gasteiger partial charge in [0.1, 0.15) is 5.75 Å². The predicted octanol–water partition coefficient (Wildman–Crippen LogP) is 2.41. The Labute approximate surface area is 101 Å². The smallest absolute Gasteiger partial charge is 0.121 e. The van der Waals surface area contributed by atoms with Crippen molar-refractivity contribution in [3.8, 4) is 5.75 Å². The van der Waals surface area contributed by atoms with Crippen molar-refractivity contribution in [3.05, 3.63) is 29.3 Å². The third kappa shape index (κ3) is 2.53. The van der Waals surface area contributed by atoms with Gasteiger partial charge < -0.3 is 9.84 Å². The molecule has 0 aromatic heterocycles. The maximum absolute atomic E-state index is 10.3. The molecule has 1 fully saturated rings. The van der Waals surface area contributed by atoms with E-state index >= 15 is 0 Å². The zero-order valence-electron chi connectivity index (χ0n) is 9.82. The first kappa shape index (κ1) is 11.8. The van der Waals surface area contributed by atoms with E-state index in [0.717, 1.165) is 35.7 Å². The summed E-state index contributed by atoms with van der Waals surface area (Å²) in [7, 11) is 1.68. The highest BCUT2D eigenvalue weighted by molar-refractivity contribution is 7.99. The summed E-state index contributed by atoms with van der Waals surface area (Å²) in [6.45, 7) is 2.04. The van der Waals surface area contributed by atoms with Gasteiger partial charge in [0.05, 0.1) is 12.7 Å². The molecule has 1 N–H and O–H groups in total. The fourth-order valence-corrected chi connectivity index (χ4v) is 3.46. The minimum Gasteiger partial charge on any atom is -0.496 e. The van der Waals surface area contributed by atoms with Crippen LogP contribution in [0.15, 0.2) is 18.2 Å². The monoisotopic (exact) mass is 238 g/mol. The van der Waals surface area contributed by atoms with E-state index in [4.69, 9.17) is 4.74 Å². The number of ether oxygens (including phenoxy) is 1. The predicted molar refractivity (Wildman–Crippen MR) is 68.3 cm³/mol. The van der Waals surface area contributed by atoms with Gasteiger partial charge in [-0.05, 0) is 36.3 Å². The quantitative estimate of drug-likeness (QED) is 0.877. The second-order valence-electron chi connectivity index (χ2n) is 4.51. The first-order valence-electron chi connectivity index (χ1n) is 5.57. The highest BCUT2D eigenvalue weighted by Gasteiger charge is 2.31. The molecule has 1 atom stereocenters. The van der Waals surface area contributed by atoms with E-state index in [1.165, 1.54) is 5.56 Å². The summed E-state index contributed by atoms with van der Waals surface area (Å²) in [4.78, 5) is 0. The molecular formula is C13H18O2S. The first-order valence-corrected chi connectivity index (χ1v) is 6.72. The zero-order chi connectivity index (χ0) is 11.6. The number of hydrogen-bond donors (Lipinski definition) is 1. The molecule has 2 nitrogen and oxygen atoms in total. The fourth-order valence-electron chi connectivity index (χ4n) is 2.17. The minimum atomic E-state index is -0.494. The number of benzene rings is 1. The lowest BCUT2D eigenvalue weighted by atomic mass is 9.93. The maximum Gasteiger partial charge on any atom is 0.121 e. The second kappa shape index (κ2) is 4.68. The van der Waals surface area contributed by atoms with Gasteiger partial charge in [0.15, 0.2) is 0 Å². The molecule has 1 heterocycles. The van der Waals surface area contributed by atoms with Crippen LogP contribution in [0.4, 0.5) is 0 Å². The molecule has 1 aromatic rings. The van der Waals surface area contributed by atoms with Crippen molar-refractivity contribution in [1.29, 1.82) is 0 Å². The Hall–Kier alpha value is -0.670. The van der Waals surface area contributed by atoms with Crippen LogP contribution in [0.25, 0.3) is 0 Å². The van der Waals surface area contributed by atoms with Gasteiger partial charge in [-0.15, -0.1) is 0 Å². The van der Waals surface area contributed by atoms with Gasteiger partial charge >= 0.3 is 0 Å². The molecule has 0 amide bonds. The molecule has 0 bridgehead atoms. The van der Waals surface area contributed by atoms with E-state index in [1.54, 1.807) is 7.11 Å². The number of methoxy groups -OCH3 is 1. The van der Waals surface area contributed by atoms with Gasteiger partial charge in [-0.3, -0.25) is 0 Å². The molecule has 1 aliphatic heterocycles. The Balaban J connectivity index is 2.13. The van der Waals surface area contributed by atoms with E-state index in [-0.39, 0.29) is 0 Å². The third-order valence-electron chi connectivity index (χ3n) is 3.07. The molecule has 2 rings (SSSR count). The van der Waals surface area contributed by atoms with Gasteiger partial charge in [-0.25, -0.2) is 0 Å². The molecular weight excluding hydrogens is 220 g/mol. The molecule has 16 heavy (non-hydrogen) atoms. The summed E-state index contributed by atoms with van der Waals surface area (Å²) in [6, 6.07) is 6.14. The normalized spacial score (nSPS) is 24.7. The number of rotatable bonds is 3. The topological polar surface area (TPSA) is 29.5 Å². The molecule has 1 unspecified atom stereocenters. The standard InChI is InChI=1S/C13H18O2S/c1-10-7-11(3-4-12(10)15-2)8-13(14)5-6-16-9-13/h3-4,7,14H,5-6,8-9H2,1-2H3. The third-order valence-corrected chi connectivity index (χ3v) is 4.31. The molecule has 1 saturated heterocycles. The van der Waals surface area contributed by atoms with E-state index < -0.39 is 5.60 Å². The van der Waals surface area contributed by atoms with Gasteiger partial charge in [0.25, 0.3) is 0 Å². The number of aliphatic hydroxyl groups is 1. The van der Waals surface area contributed by atoms with Crippen molar-refractivity contribution in [2.75, 3.05) is 18.6 Å². The van der Waals surface area contributed by atoms with Crippen molar-refractivity contribution in [3.63, 3.8) is 0 Å². The lowest BCUT2D eigenvalue weighted by molar-refractivity contribution is 0.0686. The van der Waals surface area contributed by atoms with Crippen LogP contribution in [0.2, 0.25) is 0 Å². The van der Waals surface area contributed by atoms with Crippen molar-refractivity contribution in [1.82, 2.24) is 0 Å². The van der Waals surface area contributed by atoms with Crippen LogP contribution in [-0.4, -0.2) is 29.3 Å². The molecule has 0 saturated carbocycles. The largest absolute Gasteiger partial charge is 0.496 e. The molecule has 0 spiro atoms. The van der Waals surface area contributed by atoms with Crippen LogP contribution < -0.4 is 4.74 Å². The molecule has 1 aliphatic rings. The van der Waals surface area contributed by atoms with Crippen molar-refractivity contribution in [2.45, 2.75) is 25.4 Å². The summed E-state index contributed by atoms with van der Waals surface area (Å²) in [5, 5.41) is 10.3. The number of aryl methyl sites for hydroxylation is 1. The summed E-state index contributed by atoms with van der Waals surface area (Å²) in [5.41, 5.74) is 1.84. The van der Waals surface area contributed by atoms with E-state index in [2.05, 4.69) is 6.07 Å². The Kier molecular flexibility index (Phi) is 3.45. The van der Waals surface area contributed by atoms with Crippen LogP contribution in [0.3, 0.4) is 0 Å². The van der Waals surface area contributed by atoms with Crippen molar-refractivity contribution >= 4 is 11.8 Å². The maximum atomic E-state index is 10.3. The van der Waals surface area contributed by atoms with Crippen LogP contribution in [0, 0.1) is 6.92 Å². The second-order valence-corrected chi connectivity index (χ2v) is 5.61. The lowest BCUT2D eigenvalue weighted by Gasteiger charge is -2.21. The Morgan fingerprint density at radius 1 is 1.50 bits per heavy atom. The number of thioether (sulfide) groups is 1. The van der Waals surface area contributed by atoms with Crippen LogP contribution in [-0.2, 0) is 6.42 Å². The van der Waals surface area contributed by atoms with Crippen LogP contribution >= 0.6 is 11.8 Å². The minimum absolute atomic E-state index is 0.494. The van der Waals surface area contributed by atoms with E-state index in [1.807, 2.05) is 30.8 Å². The first-order chi connectivity index (χ1) is 7.63.